The van der Waals surface area contributed by atoms with Gasteiger partial charge in [-0.05, 0) is 12.1 Å². The number of carbonyl (C=O) groups is 4. The Balaban J connectivity index is 0.000000547. The summed E-state index contributed by atoms with van der Waals surface area (Å²) in [5, 5.41) is 34.7. The van der Waals surface area contributed by atoms with E-state index < -0.39 is 54.0 Å². The zero-order valence-electron chi connectivity index (χ0n) is 12.6. The Kier molecular flexibility index (Phi) is 8.95. The van der Waals surface area contributed by atoms with Gasteiger partial charge in [0.25, 0.3) is 11.8 Å². The molecule has 0 atom stereocenters. The van der Waals surface area contributed by atoms with E-state index in [1.165, 1.54) is 0 Å². The standard InChI is InChI=1S/C8H10N4O4.C4H6O5/c9-11-7(15)3-1-2-4(13)5(6(3)14)8(16)12-10;5-3(6)1-9-2-4(7)8/h1-2,13-14H,9-10H2,(H,11,15)(H,12,16);1-2H2,(H,5,6)(H,7,8). The van der Waals surface area contributed by atoms with Gasteiger partial charge in [-0.3, -0.25) is 20.4 Å². The third kappa shape index (κ3) is 7.12. The molecule has 0 saturated heterocycles. The molecule has 0 aliphatic heterocycles. The zero-order valence-corrected chi connectivity index (χ0v) is 12.6. The lowest BCUT2D eigenvalue weighted by Crippen LogP contribution is -2.32. The number of phenols is 2. The van der Waals surface area contributed by atoms with E-state index in [4.69, 9.17) is 21.9 Å². The van der Waals surface area contributed by atoms with Crippen molar-refractivity contribution in [3.63, 3.8) is 0 Å². The Hall–Kier alpha value is -3.42. The van der Waals surface area contributed by atoms with Crippen molar-refractivity contribution < 1.29 is 44.3 Å². The largest absolute Gasteiger partial charge is 0.507 e. The van der Waals surface area contributed by atoms with Gasteiger partial charge in [-0.15, -0.1) is 0 Å². The van der Waals surface area contributed by atoms with Crippen LogP contribution in [-0.2, 0) is 14.3 Å². The fraction of sp³-hybridized carbons (Fsp3) is 0.167. The molecule has 13 heteroatoms. The fourth-order valence-electron chi connectivity index (χ4n) is 1.36. The SMILES string of the molecule is NNC(=O)c1ccc(O)c(C(=O)NN)c1O.O=C(O)COCC(=O)O. The van der Waals surface area contributed by atoms with E-state index >= 15 is 0 Å². The van der Waals surface area contributed by atoms with Gasteiger partial charge in [-0.2, -0.15) is 0 Å². The van der Waals surface area contributed by atoms with E-state index in [9.17, 15) is 29.4 Å². The molecule has 1 aromatic rings. The van der Waals surface area contributed by atoms with Gasteiger partial charge >= 0.3 is 11.9 Å². The molecule has 0 unspecified atom stereocenters. The quantitative estimate of drug-likeness (QED) is 0.150. The van der Waals surface area contributed by atoms with Crippen LogP contribution in [0.15, 0.2) is 12.1 Å². The number of ether oxygens (including phenoxy) is 1. The number of nitrogen functional groups attached to an aromatic ring is 2. The number of carboxylic acids is 2. The summed E-state index contributed by atoms with van der Waals surface area (Å²) < 4.78 is 4.16. The van der Waals surface area contributed by atoms with E-state index in [0.717, 1.165) is 12.1 Å². The molecule has 1 aromatic carbocycles. The van der Waals surface area contributed by atoms with E-state index in [1.54, 1.807) is 10.9 Å². The smallest absolute Gasteiger partial charge is 0.329 e. The molecule has 0 fully saturated rings. The van der Waals surface area contributed by atoms with Gasteiger partial charge < -0.3 is 25.2 Å². The van der Waals surface area contributed by atoms with Gasteiger partial charge in [-0.25, -0.2) is 21.3 Å². The average Bonchev–Trinajstić information content (AvgIpc) is 2.54. The number of hydrazine groups is 2. The average molecular weight is 360 g/mol. The minimum atomic E-state index is -1.17. The first-order chi connectivity index (χ1) is 11.6. The number of benzene rings is 1. The summed E-state index contributed by atoms with van der Waals surface area (Å²) in [4.78, 5) is 41.7. The summed E-state index contributed by atoms with van der Waals surface area (Å²) in [6.45, 7) is -1.13. The van der Waals surface area contributed by atoms with E-state index in [2.05, 4.69) is 4.74 Å². The van der Waals surface area contributed by atoms with Gasteiger partial charge in [0, 0.05) is 0 Å². The minimum Gasteiger partial charge on any atom is -0.507 e. The number of carbonyl (C=O) groups excluding carboxylic acids is 2. The third-order valence-corrected chi connectivity index (χ3v) is 2.34. The van der Waals surface area contributed by atoms with Crippen LogP contribution in [0.2, 0.25) is 0 Å². The monoisotopic (exact) mass is 360 g/mol. The van der Waals surface area contributed by atoms with Crippen LogP contribution in [0.1, 0.15) is 20.7 Å². The van der Waals surface area contributed by atoms with Crippen molar-refractivity contribution in [2.24, 2.45) is 11.7 Å². The summed E-state index contributed by atoms with van der Waals surface area (Å²) in [6, 6.07) is 2.18. The first kappa shape index (κ1) is 21.6. The van der Waals surface area contributed by atoms with Crippen molar-refractivity contribution in [2.75, 3.05) is 13.2 Å². The van der Waals surface area contributed by atoms with Crippen LogP contribution in [0.25, 0.3) is 0 Å². The molecule has 0 bridgehead atoms. The van der Waals surface area contributed by atoms with Gasteiger partial charge in [0.2, 0.25) is 0 Å². The third-order valence-electron chi connectivity index (χ3n) is 2.34. The van der Waals surface area contributed by atoms with Crippen molar-refractivity contribution in [1.29, 1.82) is 0 Å². The molecule has 1 rings (SSSR count). The van der Waals surface area contributed by atoms with Crippen LogP contribution in [0.3, 0.4) is 0 Å². The van der Waals surface area contributed by atoms with Gasteiger partial charge in [0.1, 0.15) is 30.3 Å². The topological polar surface area (TPSA) is 235 Å². The van der Waals surface area contributed by atoms with Crippen molar-refractivity contribution in [3.05, 3.63) is 23.3 Å². The second-order valence-electron chi connectivity index (χ2n) is 4.08. The molecular formula is C12H16N4O9. The highest BCUT2D eigenvalue weighted by Crippen LogP contribution is 2.30. The van der Waals surface area contributed by atoms with Crippen molar-refractivity contribution in [3.8, 4) is 11.5 Å². The minimum absolute atomic E-state index is 0.251. The maximum atomic E-state index is 11.2. The maximum absolute atomic E-state index is 11.2. The lowest BCUT2D eigenvalue weighted by atomic mass is 10.1. The van der Waals surface area contributed by atoms with Crippen LogP contribution in [0, 0.1) is 0 Å². The Morgan fingerprint density at radius 1 is 0.920 bits per heavy atom. The van der Waals surface area contributed by atoms with E-state index in [-0.39, 0.29) is 5.56 Å². The zero-order chi connectivity index (χ0) is 19.6. The molecular weight excluding hydrogens is 344 g/mol. The molecule has 2 amide bonds. The van der Waals surface area contributed by atoms with E-state index in [1.807, 2.05) is 0 Å². The number of hydrogen-bond donors (Lipinski definition) is 8. The van der Waals surface area contributed by atoms with Crippen LogP contribution in [0.5, 0.6) is 11.5 Å². The normalized spacial score (nSPS) is 9.36. The molecule has 138 valence electrons. The van der Waals surface area contributed by atoms with Crippen molar-refractivity contribution >= 4 is 23.8 Å². The number of aromatic hydroxyl groups is 2. The predicted octanol–water partition coefficient (Wildman–Crippen LogP) is -2.52. The van der Waals surface area contributed by atoms with Gasteiger partial charge in [0.05, 0.1) is 5.56 Å². The Morgan fingerprint density at radius 2 is 1.40 bits per heavy atom. The molecule has 13 nitrogen and oxygen atoms in total. The molecule has 0 aliphatic carbocycles. The van der Waals surface area contributed by atoms with E-state index in [0.29, 0.717) is 0 Å². The first-order valence-corrected chi connectivity index (χ1v) is 6.23. The summed E-state index contributed by atoms with van der Waals surface area (Å²) >= 11 is 0. The lowest BCUT2D eigenvalue weighted by Gasteiger charge is -2.09. The highest BCUT2D eigenvalue weighted by atomic mass is 16.5. The Bertz CT molecular complexity index is 648. The summed E-state index contributed by atoms with van der Waals surface area (Å²) in [5.41, 5.74) is 2.76. The summed E-state index contributed by atoms with van der Waals surface area (Å²) in [7, 11) is 0. The number of rotatable bonds is 6. The van der Waals surface area contributed by atoms with Crippen molar-refractivity contribution in [1.82, 2.24) is 10.9 Å². The number of nitrogens with two attached hydrogens (primary N) is 2. The number of aliphatic carboxylic acids is 2. The highest BCUT2D eigenvalue weighted by Gasteiger charge is 2.21. The Morgan fingerprint density at radius 3 is 1.80 bits per heavy atom. The van der Waals surface area contributed by atoms with Gasteiger partial charge in [0.15, 0.2) is 0 Å². The number of amides is 2. The lowest BCUT2D eigenvalue weighted by molar-refractivity contribution is -0.148. The molecule has 25 heavy (non-hydrogen) atoms. The Labute approximate surface area is 139 Å². The number of nitrogens with one attached hydrogen (secondary N) is 2. The van der Waals surface area contributed by atoms with Crippen LogP contribution in [-0.4, -0.2) is 57.4 Å². The molecule has 0 heterocycles. The first-order valence-electron chi connectivity index (χ1n) is 6.23. The number of hydrogen-bond acceptors (Lipinski definition) is 9. The van der Waals surface area contributed by atoms with Crippen LogP contribution in [0.4, 0.5) is 0 Å². The fourth-order valence-corrected chi connectivity index (χ4v) is 1.36. The molecule has 0 radical (unpaired) electrons. The van der Waals surface area contributed by atoms with Crippen LogP contribution < -0.4 is 22.5 Å². The summed E-state index contributed by atoms with van der Waals surface area (Å²) in [5.74, 6) is 4.44. The highest BCUT2D eigenvalue weighted by molar-refractivity contribution is 6.05. The number of carboxylic acid groups (broad SMARTS) is 2. The molecule has 0 saturated carbocycles. The predicted molar refractivity (Wildman–Crippen MR) is 79.2 cm³/mol. The molecule has 0 aromatic heterocycles. The molecule has 0 aliphatic rings. The number of phenolic OH excluding ortho intramolecular Hbond substituents is 2. The van der Waals surface area contributed by atoms with Crippen LogP contribution >= 0.6 is 0 Å². The maximum Gasteiger partial charge on any atom is 0.329 e. The van der Waals surface area contributed by atoms with Gasteiger partial charge in [-0.1, -0.05) is 0 Å². The summed E-state index contributed by atoms with van der Waals surface area (Å²) in [6.07, 6.45) is 0. The second kappa shape index (κ2) is 10.4. The van der Waals surface area contributed by atoms with Crippen molar-refractivity contribution in [2.45, 2.75) is 0 Å². The molecule has 10 N–H and O–H groups in total. The second-order valence-corrected chi connectivity index (χ2v) is 4.08. The molecule has 0 spiro atoms.